The first-order valence-electron chi connectivity index (χ1n) is 8.97. The Labute approximate surface area is 158 Å². The van der Waals surface area contributed by atoms with Crippen LogP contribution in [0.5, 0.6) is 0 Å². The smallest absolute Gasteiger partial charge is 0.410 e. The van der Waals surface area contributed by atoms with Crippen molar-refractivity contribution in [3.8, 4) is 6.07 Å². The Morgan fingerprint density at radius 2 is 2.07 bits per heavy atom. The molecule has 8 heteroatoms. The van der Waals surface area contributed by atoms with Gasteiger partial charge in [-0.1, -0.05) is 30.3 Å². The molecule has 1 aliphatic rings. The quantitative estimate of drug-likeness (QED) is 0.668. The monoisotopic (exact) mass is 372 g/mol. The first kappa shape index (κ1) is 20.2. The Hall–Kier alpha value is -3.08. The number of hydrogen-bond acceptors (Lipinski definition) is 5. The zero-order chi connectivity index (χ0) is 19.6. The Kier molecular flexibility index (Phi) is 7.62. The zero-order valence-corrected chi connectivity index (χ0v) is 15.1. The van der Waals surface area contributed by atoms with Gasteiger partial charge in [0.05, 0.1) is 6.07 Å². The predicted octanol–water partition coefficient (Wildman–Crippen LogP) is 1.45. The van der Waals surface area contributed by atoms with Gasteiger partial charge in [0.15, 0.2) is 0 Å². The molecule has 3 N–H and O–H groups in total. The summed E-state index contributed by atoms with van der Waals surface area (Å²) in [5.74, 6) is -1.08. The number of hydrogen-bond donors (Lipinski definition) is 2. The molecule has 0 aromatic heterocycles. The van der Waals surface area contributed by atoms with Crippen LogP contribution >= 0.6 is 0 Å². The minimum atomic E-state index is -0.853. The molecule has 0 unspecified atom stereocenters. The van der Waals surface area contributed by atoms with Gasteiger partial charge in [-0.3, -0.25) is 14.5 Å². The summed E-state index contributed by atoms with van der Waals surface area (Å²) in [6.45, 7) is 0.546. The molecule has 1 heterocycles. The highest BCUT2D eigenvalue weighted by atomic mass is 16.6. The van der Waals surface area contributed by atoms with Crippen molar-refractivity contribution in [1.29, 1.82) is 5.26 Å². The summed E-state index contributed by atoms with van der Waals surface area (Å²) < 4.78 is 5.30. The van der Waals surface area contributed by atoms with Crippen LogP contribution in [0.4, 0.5) is 4.79 Å². The van der Waals surface area contributed by atoms with Gasteiger partial charge >= 0.3 is 6.09 Å². The summed E-state index contributed by atoms with van der Waals surface area (Å²) >= 11 is 0. The number of nitriles is 1. The van der Waals surface area contributed by atoms with Crippen LogP contribution in [0.3, 0.4) is 0 Å². The average molecular weight is 372 g/mol. The molecule has 1 saturated heterocycles. The second kappa shape index (κ2) is 10.2. The number of amides is 3. The van der Waals surface area contributed by atoms with Gasteiger partial charge in [-0.05, 0) is 31.2 Å². The first-order valence-corrected chi connectivity index (χ1v) is 8.97. The number of carbonyl (C=O) groups excluding carboxylic acids is 3. The number of primary amides is 1. The van der Waals surface area contributed by atoms with Crippen molar-refractivity contribution in [2.45, 2.75) is 50.8 Å². The van der Waals surface area contributed by atoms with E-state index in [1.54, 1.807) is 0 Å². The van der Waals surface area contributed by atoms with Crippen molar-refractivity contribution in [2.24, 2.45) is 5.73 Å². The van der Waals surface area contributed by atoms with Crippen molar-refractivity contribution in [2.75, 3.05) is 6.54 Å². The molecule has 27 heavy (non-hydrogen) atoms. The Bertz CT molecular complexity index is 701. The van der Waals surface area contributed by atoms with Crippen LogP contribution in [0.2, 0.25) is 0 Å². The summed E-state index contributed by atoms with van der Waals surface area (Å²) in [6, 6.07) is 9.72. The van der Waals surface area contributed by atoms with Crippen LogP contribution in [0.1, 0.15) is 37.7 Å². The van der Waals surface area contributed by atoms with Gasteiger partial charge in [0.25, 0.3) is 0 Å². The molecule has 144 valence electrons. The fourth-order valence-electron chi connectivity index (χ4n) is 3.00. The Balaban J connectivity index is 1.91. The fraction of sp³-hybridized carbons (Fsp3) is 0.474. The van der Waals surface area contributed by atoms with E-state index in [0.717, 1.165) is 5.56 Å². The normalized spacial score (nSPS) is 17.0. The zero-order valence-electron chi connectivity index (χ0n) is 15.1. The summed E-state index contributed by atoms with van der Waals surface area (Å²) in [4.78, 5) is 37.8. The largest absolute Gasteiger partial charge is 0.445 e. The molecule has 8 nitrogen and oxygen atoms in total. The van der Waals surface area contributed by atoms with Crippen molar-refractivity contribution in [3.63, 3.8) is 0 Å². The maximum Gasteiger partial charge on any atom is 0.410 e. The predicted molar refractivity (Wildman–Crippen MR) is 96.9 cm³/mol. The number of nitrogens with two attached hydrogens (primary N) is 1. The third-order valence-corrected chi connectivity index (χ3v) is 4.44. The summed E-state index contributed by atoms with van der Waals surface area (Å²) in [7, 11) is 0. The lowest BCUT2D eigenvalue weighted by atomic mass is 10.1. The van der Waals surface area contributed by atoms with Crippen LogP contribution in [0.25, 0.3) is 0 Å². The summed E-state index contributed by atoms with van der Waals surface area (Å²) in [5, 5.41) is 11.2. The van der Waals surface area contributed by atoms with Crippen molar-refractivity contribution in [3.05, 3.63) is 35.9 Å². The molecule has 1 aromatic carbocycles. The Morgan fingerprint density at radius 1 is 1.33 bits per heavy atom. The van der Waals surface area contributed by atoms with Crippen LogP contribution in [0.15, 0.2) is 30.3 Å². The number of nitrogens with zero attached hydrogens (tertiary/aromatic N) is 2. The van der Waals surface area contributed by atoms with Crippen molar-refractivity contribution in [1.82, 2.24) is 10.2 Å². The van der Waals surface area contributed by atoms with E-state index < -0.39 is 30.0 Å². The molecule has 0 radical (unpaired) electrons. The van der Waals surface area contributed by atoms with E-state index >= 15 is 0 Å². The summed E-state index contributed by atoms with van der Waals surface area (Å²) in [5.41, 5.74) is 6.19. The van der Waals surface area contributed by atoms with Crippen molar-refractivity contribution >= 4 is 17.9 Å². The average Bonchev–Trinajstić information content (AvgIpc) is 3.16. The number of benzene rings is 1. The van der Waals surface area contributed by atoms with Gasteiger partial charge in [0.2, 0.25) is 11.8 Å². The highest BCUT2D eigenvalue weighted by Gasteiger charge is 2.36. The third kappa shape index (κ3) is 5.99. The SMILES string of the molecule is N#CCCC[C@H](NC(=O)[C@H]1CCCN1C(=O)OCc1ccccc1)C(N)=O. The van der Waals surface area contributed by atoms with E-state index in [0.29, 0.717) is 32.2 Å². The lowest BCUT2D eigenvalue weighted by Gasteiger charge is -2.25. The van der Waals surface area contributed by atoms with E-state index in [4.69, 9.17) is 15.7 Å². The third-order valence-electron chi connectivity index (χ3n) is 4.44. The number of unbranched alkanes of at least 4 members (excludes halogenated alkanes) is 1. The molecule has 1 aromatic rings. The molecule has 3 amide bonds. The number of ether oxygens (including phenoxy) is 1. The van der Waals surface area contributed by atoms with E-state index in [-0.39, 0.29) is 13.0 Å². The minimum Gasteiger partial charge on any atom is -0.445 e. The number of likely N-dealkylation sites (tertiary alicyclic amines) is 1. The molecule has 1 aliphatic heterocycles. The van der Waals surface area contributed by atoms with E-state index in [2.05, 4.69) is 5.32 Å². The lowest BCUT2D eigenvalue weighted by Crippen LogP contribution is -2.52. The van der Waals surface area contributed by atoms with Gasteiger partial charge in [0, 0.05) is 13.0 Å². The standard InChI is InChI=1S/C19H24N4O4/c20-11-5-4-9-15(17(21)24)22-18(25)16-10-6-12-23(16)19(26)27-13-14-7-2-1-3-8-14/h1-3,7-8,15-16H,4-6,9-10,12-13H2,(H2,21,24)(H,22,25)/t15-,16+/m0/s1. The number of rotatable bonds is 8. The van der Waals surface area contributed by atoms with E-state index in [9.17, 15) is 14.4 Å². The van der Waals surface area contributed by atoms with Gasteiger partial charge in [-0.25, -0.2) is 4.79 Å². The number of carbonyl (C=O) groups is 3. The highest BCUT2D eigenvalue weighted by Crippen LogP contribution is 2.19. The molecule has 2 rings (SSSR count). The van der Waals surface area contributed by atoms with E-state index in [1.165, 1.54) is 4.90 Å². The molecule has 2 atom stereocenters. The molecular formula is C19H24N4O4. The molecule has 0 saturated carbocycles. The van der Waals surface area contributed by atoms with E-state index in [1.807, 2.05) is 36.4 Å². The lowest BCUT2D eigenvalue weighted by molar-refractivity contribution is -0.130. The number of nitrogens with one attached hydrogen (secondary N) is 1. The molecule has 0 bridgehead atoms. The Morgan fingerprint density at radius 3 is 2.74 bits per heavy atom. The molecule has 0 aliphatic carbocycles. The topological polar surface area (TPSA) is 126 Å². The van der Waals surface area contributed by atoms with Crippen LogP contribution in [-0.4, -0.2) is 41.4 Å². The van der Waals surface area contributed by atoms with Crippen LogP contribution in [0, 0.1) is 11.3 Å². The first-order chi connectivity index (χ1) is 13.0. The maximum absolute atomic E-state index is 12.5. The minimum absolute atomic E-state index is 0.128. The maximum atomic E-state index is 12.5. The van der Waals surface area contributed by atoms with Gasteiger partial charge in [-0.2, -0.15) is 5.26 Å². The summed E-state index contributed by atoms with van der Waals surface area (Å²) in [6.07, 6.45) is 1.64. The van der Waals surface area contributed by atoms with Gasteiger partial charge in [0.1, 0.15) is 18.7 Å². The van der Waals surface area contributed by atoms with Gasteiger partial charge in [-0.15, -0.1) is 0 Å². The second-order valence-electron chi connectivity index (χ2n) is 6.41. The second-order valence-corrected chi connectivity index (χ2v) is 6.41. The molecular weight excluding hydrogens is 348 g/mol. The fourth-order valence-corrected chi connectivity index (χ4v) is 3.00. The van der Waals surface area contributed by atoms with Crippen molar-refractivity contribution < 1.29 is 19.1 Å². The van der Waals surface area contributed by atoms with Crippen LogP contribution in [-0.2, 0) is 20.9 Å². The molecule has 1 fully saturated rings. The highest BCUT2D eigenvalue weighted by molar-refractivity contribution is 5.91. The van der Waals surface area contributed by atoms with Gasteiger partial charge < -0.3 is 15.8 Å². The van der Waals surface area contributed by atoms with Crippen LogP contribution < -0.4 is 11.1 Å². The molecule has 0 spiro atoms.